The van der Waals surface area contributed by atoms with Gasteiger partial charge in [-0.3, -0.25) is 4.79 Å². The fraction of sp³-hybridized carbons (Fsp3) is 0.200. The average molecular weight is 213 g/mol. The van der Waals surface area contributed by atoms with Crippen LogP contribution in [-0.4, -0.2) is 19.2 Å². The molecule has 0 saturated carbocycles. The number of halogens is 1. The molecule has 0 fully saturated rings. The first-order chi connectivity index (χ1) is 6.77. The molecule has 4 heteroatoms. The van der Waals surface area contributed by atoms with Crippen LogP contribution in [0.2, 0.25) is 5.02 Å². The van der Waals surface area contributed by atoms with Crippen molar-refractivity contribution in [1.82, 2.24) is 0 Å². The van der Waals surface area contributed by atoms with E-state index in [0.29, 0.717) is 35.6 Å². The molecule has 0 radical (unpaired) electrons. The van der Waals surface area contributed by atoms with Crippen LogP contribution < -0.4 is 4.74 Å². The molecule has 0 aromatic heterocycles. The third kappa shape index (κ3) is 2.85. The van der Waals surface area contributed by atoms with Gasteiger partial charge in [-0.15, -0.1) is 0 Å². The number of rotatable bonds is 5. The Kier molecular flexibility index (Phi) is 4.13. The number of benzene rings is 1. The molecule has 0 bridgehead atoms. The third-order valence-electron chi connectivity index (χ3n) is 1.59. The summed E-state index contributed by atoms with van der Waals surface area (Å²) in [6.07, 6.45) is 1.81. The van der Waals surface area contributed by atoms with Crippen molar-refractivity contribution >= 4 is 24.2 Å². The molecule has 74 valence electrons. The van der Waals surface area contributed by atoms with Crippen molar-refractivity contribution < 1.29 is 14.3 Å². The predicted molar refractivity (Wildman–Crippen MR) is 53.0 cm³/mol. The van der Waals surface area contributed by atoms with Gasteiger partial charge in [-0.05, 0) is 18.2 Å². The van der Waals surface area contributed by atoms with Gasteiger partial charge in [-0.25, -0.2) is 0 Å². The zero-order valence-electron chi connectivity index (χ0n) is 7.40. The second kappa shape index (κ2) is 5.40. The van der Waals surface area contributed by atoms with Crippen molar-refractivity contribution in [3.05, 3.63) is 28.8 Å². The number of aldehydes is 2. The lowest BCUT2D eigenvalue weighted by Crippen LogP contribution is -1.98. The molecule has 0 saturated heterocycles. The number of carbonyl (C=O) groups excluding carboxylic acids is 2. The normalized spacial score (nSPS) is 9.50. The molecule has 0 aliphatic rings. The minimum absolute atomic E-state index is 0.295. The van der Waals surface area contributed by atoms with E-state index < -0.39 is 0 Å². The second-order valence-electron chi connectivity index (χ2n) is 2.61. The van der Waals surface area contributed by atoms with E-state index in [-0.39, 0.29) is 0 Å². The highest BCUT2D eigenvalue weighted by atomic mass is 35.5. The molecule has 0 spiro atoms. The summed E-state index contributed by atoms with van der Waals surface area (Å²) in [5.41, 5.74) is 0.498. The van der Waals surface area contributed by atoms with E-state index in [0.717, 1.165) is 6.29 Å². The molecule has 0 atom stereocenters. The number of ether oxygens (including phenoxy) is 1. The molecule has 0 aliphatic carbocycles. The van der Waals surface area contributed by atoms with Gasteiger partial charge < -0.3 is 9.53 Å². The highest BCUT2D eigenvalue weighted by molar-refractivity contribution is 6.32. The van der Waals surface area contributed by atoms with Gasteiger partial charge in [0.05, 0.1) is 11.6 Å². The van der Waals surface area contributed by atoms with Crippen LogP contribution in [0.25, 0.3) is 0 Å². The summed E-state index contributed by atoms with van der Waals surface area (Å²) in [7, 11) is 0. The van der Waals surface area contributed by atoms with Crippen LogP contribution in [0.1, 0.15) is 16.8 Å². The maximum atomic E-state index is 10.4. The van der Waals surface area contributed by atoms with Gasteiger partial charge in [0.1, 0.15) is 18.3 Å². The Balaban J connectivity index is 2.68. The lowest BCUT2D eigenvalue weighted by atomic mass is 10.2. The van der Waals surface area contributed by atoms with Crippen LogP contribution in [-0.2, 0) is 4.79 Å². The Morgan fingerprint density at radius 3 is 2.71 bits per heavy atom. The minimum Gasteiger partial charge on any atom is -0.492 e. The van der Waals surface area contributed by atoms with Gasteiger partial charge in [0, 0.05) is 12.0 Å². The van der Waals surface area contributed by atoms with Gasteiger partial charge in [0.15, 0.2) is 0 Å². The molecular weight excluding hydrogens is 204 g/mol. The van der Waals surface area contributed by atoms with Gasteiger partial charge >= 0.3 is 0 Å². The Morgan fingerprint density at radius 2 is 2.14 bits per heavy atom. The number of hydrogen-bond acceptors (Lipinski definition) is 3. The van der Waals surface area contributed by atoms with Gasteiger partial charge in [-0.2, -0.15) is 0 Å². The van der Waals surface area contributed by atoms with E-state index in [9.17, 15) is 9.59 Å². The summed E-state index contributed by atoms with van der Waals surface area (Å²) in [6.45, 7) is 0.295. The van der Waals surface area contributed by atoms with Crippen LogP contribution in [0.5, 0.6) is 5.75 Å². The minimum atomic E-state index is 0.295. The zero-order valence-corrected chi connectivity index (χ0v) is 8.16. The summed E-state index contributed by atoms with van der Waals surface area (Å²) in [6, 6.07) is 4.73. The summed E-state index contributed by atoms with van der Waals surface area (Å²) in [4.78, 5) is 20.4. The molecule has 0 amide bonds. The molecule has 1 rings (SSSR count). The van der Waals surface area contributed by atoms with Crippen molar-refractivity contribution in [3.63, 3.8) is 0 Å². The first-order valence-corrected chi connectivity index (χ1v) is 4.47. The van der Waals surface area contributed by atoms with Crippen LogP contribution >= 0.6 is 11.6 Å². The maximum absolute atomic E-state index is 10.4. The highest BCUT2D eigenvalue weighted by Crippen LogP contribution is 2.24. The van der Waals surface area contributed by atoms with Crippen LogP contribution in [0.3, 0.4) is 0 Å². The molecule has 0 N–H and O–H groups in total. The first-order valence-electron chi connectivity index (χ1n) is 4.09. The smallest absolute Gasteiger partial charge is 0.150 e. The lowest BCUT2D eigenvalue weighted by Gasteiger charge is -2.05. The second-order valence-corrected chi connectivity index (χ2v) is 3.02. The Morgan fingerprint density at radius 1 is 1.36 bits per heavy atom. The van der Waals surface area contributed by atoms with Crippen molar-refractivity contribution in [3.8, 4) is 5.75 Å². The van der Waals surface area contributed by atoms with Crippen molar-refractivity contribution in [1.29, 1.82) is 0 Å². The molecule has 0 aliphatic heterocycles. The molecular formula is C10H9ClO3. The van der Waals surface area contributed by atoms with Crippen LogP contribution in [0, 0.1) is 0 Å². The topological polar surface area (TPSA) is 43.4 Å². The highest BCUT2D eigenvalue weighted by Gasteiger charge is 2.01. The molecule has 3 nitrogen and oxygen atoms in total. The van der Waals surface area contributed by atoms with Gasteiger partial charge in [-0.1, -0.05) is 11.6 Å². The van der Waals surface area contributed by atoms with E-state index in [1.165, 1.54) is 6.07 Å². The summed E-state index contributed by atoms with van der Waals surface area (Å²) in [5, 5.41) is 0.375. The Labute approximate surface area is 86.6 Å². The van der Waals surface area contributed by atoms with E-state index in [4.69, 9.17) is 16.3 Å². The lowest BCUT2D eigenvalue weighted by molar-refractivity contribution is -0.108. The molecule has 1 aromatic rings. The average Bonchev–Trinajstić information content (AvgIpc) is 2.20. The molecule has 0 unspecified atom stereocenters. The van der Waals surface area contributed by atoms with Gasteiger partial charge in [0.2, 0.25) is 0 Å². The van der Waals surface area contributed by atoms with Crippen molar-refractivity contribution in [2.75, 3.05) is 6.61 Å². The molecule has 14 heavy (non-hydrogen) atoms. The van der Waals surface area contributed by atoms with E-state index in [2.05, 4.69) is 0 Å². The largest absolute Gasteiger partial charge is 0.492 e. The quantitative estimate of drug-likeness (QED) is 0.555. The summed E-state index contributed by atoms with van der Waals surface area (Å²) in [5.74, 6) is 0.485. The van der Waals surface area contributed by atoms with Gasteiger partial charge in [0.25, 0.3) is 0 Å². The monoisotopic (exact) mass is 212 g/mol. The van der Waals surface area contributed by atoms with Crippen LogP contribution in [0.4, 0.5) is 0 Å². The Hall–Kier alpha value is -1.35. The van der Waals surface area contributed by atoms with E-state index >= 15 is 0 Å². The predicted octanol–water partition coefficient (Wildman–Crippen LogP) is 2.12. The summed E-state index contributed by atoms with van der Waals surface area (Å²) < 4.78 is 5.20. The molecule has 0 heterocycles. The zero-order chi connectivity index (χ0) is 10.4. The van der Waals surface area contributed by atoms with Crippen molar-refractivity contribution in [2.45, 2.75) is 6.42 Å². The van der Waals surface area contributed by atoms with Crippen LogP contribution in [0.15, 0.2) is 18.2 Å². The SMILES string of the molecule is O=CCCOc1ccc(C=O)cc1Cl. The number of hydrogen-bond donors (Lipinski definition) is 0. The fourth-order valence-corrected chi connectivity index (χ4v) is 1.17. The van der Waals surface area contributed by atoms with Crippen molar-refractivity contribution in [2.24, 2.45) is 0 Å². The van der Waals surface area contributed by atoms with E-state index in [1.54, 1.807) is 12.1 Å². The summed E-state index contributed by atoms with van der Waals surface area (Å²) >= 11 is 5.81. The standard InChI is InChI=1S/C10H9ClO3/c11-9-6-8(7-13)2-3-10(9)14-5-1-4-12/h2-4,6-7H,1,5H2. The van der Waals surface area contributed by atoms with E-state index in [1.807, 2.05) is 0 Å². The fourth-order valence-electron chi connectivity index (χ4n) is 0.924. The third-order valence-corrected chi connectivity index (χ3v) is 1.88. The number of carbonyl (C=O) groups is 2. The molecule has 1 aromatic carbocycles. The Bertz CT molecular complexity index is 336. The first kappa shape index (κ1) is 10.7. The maximum Gasteiger partial charge on any atom is 0.150 e.